The second-order valence-electron chi connectivity index (χ2n) is 7.88. The van der Waals surface area contributed by atoms with E-state index in [9.17, 15) is 14.4 Å². The third-order valence-corrected chi connectivity index (χ3v) is 4.85. The molecule has 2 atom stereocenters. The molecule has 7 nitrogen and oxygen atoms in total. The van der Waals surface area contributed by atoms with Gasteiger partial charge in [-0.2, -0.15) is 0 Å². The second-order valence-corrected chi connectivity index (χ2v) is 8.29. The van der Waals surface area contributed by atoms with Crippen LogP contribution in [-0.2, 0) is 14.3 Å². The van der Waals surface area contributed by atoms with Crippen LogP contribution in [-0.4, -0.2) is 30.9 Å². The van der Waals surface area contributed by atoms with E-state index in [4.69, 9.17) is 22.1 Å². The molecular formula is C22H26ClN3O4. The lowest BCUT2D eigenvalue weighted by atomic mass is 9.85. The Bertz CT molecular complexity index is 926. The molecule has 8 heteroatoms. The molecule has 2 aromatic rings. The van der Waals surface area contributed by atoms with Gasteiger partial charge in [0.25, 0.3) is 5.91 Å². The third kappa shape index (κ3) is 5.73. The highest BCUT2D eigenvalue weighted by Crippen LogP contribution is 2.24. The number of rotatable bonds is 6. The number of methoxy groups -OCH3 is 1. The predicted molar refractivity (Wildman–Crippen MR) is 116 cm³/mol. The van der Waals surface area contributed by atoms with Gasteiger partial charge in [-0.3, -0.25) is 9.59 Å². The van der Waals surface area contributed by atoms with Gasteiger partial charge in [0, 0.05) is 5.56 Å². The van der Waals surface area contributed by atoms with Gasteiger partial charge in [0.05, 0.1) is 17.8 Å². The molecule has 0 aliphatic heterocycles. The van der Waals surface area contributed by atoms with Crippen molar-refractivity contribution < 1.29 is 19.1 Å². The van der Waals surface area contributed by atoms with Crippen molar-refractivity contribution in [3.8, 4) is 0 Å². The Labute approximate surface area is 180 Å². The zero-order valence-electron chi connectivity index (χ0n) is 17.4. The van der Waals surface area contributed by atoms with Crippen LogP contribution in [0.15, 0.2) is 48.5 Å². The number of nitrogen functional groups attached to an aromatic ring is 1. The molecule has 2 rings (SSSR count). The molecule has 0 spiro atoms. The number of carbonyl (C=O) groups is 3. The predicted octanol–water partition coefficient (Wildman–Crippen LogP) is 3.10. The van der Waals surface area contributed by atoms with Crippen molar-refractivity contribution in [3.05, 3.63) is 64.7 Å². The number of hydrogen-bond acceptors (Lipinski definition) is 5. The Morgan fingerprint density at radius 3 is 2.20 bits per heavy atom. The molecule has 0 radical (unpaired) electrons. The Balaban J connectivity index is 2.27. The molecule has 160 valence electrons. The highest BCUT2D eigenvalue weighted by atomic mass is 35.5. The summed E-state index contributed by atoms with van der Waals surface area (Å²) in [6, 6.07) is 11.3. The molecule has 0 unspecified atom stereocenters. The van der Waals surface area contributed by atoms with Gasteiger partial charge in [-0.1, -0.05) is 62.7 Å². The van der Waals surface area contributed by atoms with Gasteiger partial charge >= 0.3 is 5.97 Å². The average molecular weight is 432 g/mol. The van der Waals surface area contributed by atoms with E-state index in [2.05, 4.69) is 10.6 Å². The Morgan fingerprint density at radius 1 is 1.03 bits per heavy atom. The highest BCUT2D eigenvalue weighted by Gasteiger charge is 2.35. The molecule has 0 heterocycles. The van der Waals surface area contributed by atoms with Gasteiger partial charge in [-0.25, -0.2) is 4.79 Å². The van der Waals surface area contributed by atoms with E-state index >= 15 is 0 Å². The maximum atomic E-state index is 13.1. The van der Waals surface area contributed by atoms with Gasteiger partial charge < -0.3 is 21.1 Å². The number of nitrogens with one attached hydrogen (secondary N) is 2. The molecule has 30 heavy (non-hydrogen) atoms. The Kier molecular flexibility index (Phi) is 7.45. The number of amides is 2. The summed E-state index contributed by atoms with van der Waals surface area (Å²) >= 11 is 6.00. The summed E-state index contributed by atoms with van der Waals surface area (Å²) in [6.45, 7) is 5.43. The lowest BCUT2D eigenvalue weighted by Gasteiger charge is -2.31. The van der Waals surface area contributed by atoms with Crippen LogP contribution in [0.3, 0.4) is 0 Å². The highest BCUT2D eigenvalue weighted by molar-refractivity contribution is 6.33. The van der Waals surface area contributed by atoms with Crippen LogP contribution in [0.4, 0.5) is 5.69 Å². The summed E-state index contributed by atoms with van der Waals surface area (Å²) in [5.74, 6) is -1.61. The summed E-state index contributed by atoms with van der Waals surface area (Å²) in [5.41, 5.74) is 6.23. The van der Waals surface area contributed by atoms with Crippen molar-refractivity contribution in [2.24, 2.45) is 5.41 Å². The Hall–Kier alpha value is -3.06. The van der Waals surface area contributed by atoms with Crippen molar-refractivity contribution in [2.45, 2.75) is 32.9 Å². The van der Waals surface area contributed by atoms with Gasteiger partial charge in [0.1, 0.15) is 6.04 Å². The first-order chi connectivity index (χ1) is 14.0. The van der Waals surface area contributed by atoms with Crippen LogP contribution in [0.25, 0.3) is 0 Å². The van der Waals surface area contributed by atoms with Crippen LogP contribution in [0.2, 0.25) is 5.02 Å². The quantitative estimate of drug-likeness (QED) is 0.480. The zero-order chi connectivity index (χ0) is 22.5. The van der Waals surface area contributed by atoms with Crippen LogP contribution >= 0.6 is 11.6 Å². The van der Waals surface area contributed by atoms with E-state index in [1.165, 1.54) is 25.3 Å². The maximum Gasteiger partial charge on any atom is 0.333 e. The largest absolute Gasteiger partial charge is 0.467 e. The summed E-state index contributed by atoms with van der Waals surface area (Å²) in [5, 5.41) is 5.67. The van der Waals surface area contributed by atoms with Crippen LogP contribution < -0.4 is 16.4 Å². The topological polar surface area (TPSA) is 111 Å². The van der Waals surface area contributed by atoms with Gasteiger partial charge in [-0.15, -0.1) is 0 Å². The Morgan fingerprint density at radius 2 is 1.67 bits per heavy atom. The number of carbonyl (C=O) groups excluding carboxylic acids is 3. The van der Waals surface area contributed by atoms with E-state index in [0.717, 1.165) is 0 Å². The molecule has 2 amide bonds. The fourth-order valence-corrected chi connectivity index (χ4v) is 3.01. The monoisotopic (exact) mass is 431 g/mol. The van der Waals surface area contributed by atoms with E-state index in [1.807, 2.05) is 20.8 Å². The number of ether oxygens (including phenoxy) is 1. The number of esters is 1. The van der Waals surface area contributed by atoms with E-state index in [1.54, 1.807) is 30.3 Å². The number of nitrogens with two attached hydrogens (primary N) is 1. The third-order valence-electron chi connectivity index (χ3n) is 4.52. The van der Waals surface area contributed by atoms with Crippen molar-refractivity contribution >= 4 is 35.1 Å². The standard InChI is InChI=1S/C22H26ClN3O4/c1-22(2,3)18(26-19(27)14-10-11-16(24)15(23)12-14)20(28)25-17(21(29)30-4)13-8-6-5-7-9-13/h5-12,17-18H,24H2,1-4H3,(H,25,28)(H,26,27)/t17-,18+/m0/s1. The molecule has 2 aromatic carbocycles. The summed E-state index contributed by atoms with van der Waals surface area (Å²) < 4.78 is 4.84. The first-order valence-electron chi connectivity index (χ1n) is 9.33. The minimum atomic E-state index is -1.00. The van der Waals surface area contributed by atoms with Crippen LogP contribution in [0.5, 0.6) is 0 Å². The molecule has 0 aromatic heterocycles. The van der Waals surface area contributed by atoms with Crippen molar-refractivity contribution in [1.82, 2.24) is 10.6 Å². The molecule has 0 saturated heterocycles. The molecule has 4 N–H and O–H groups in total. The minimum Gasteiger partial charge on any atom is -0.467 e. The average Bonchev–Trinajstić information content (AvgIpc) is 2.71. The SMILES string of the molecule is COC(=O)[C@@H](NC(=O)[C@@H](NC(=O)c1ccc(N)c(Cl)c1)C(C)(C)C)c1ccccc1. The lowest BCUT2D eigenvalue weighted by Crippen LogP contribution is -2.54. The molecule has 0 aliphatic rings. The fourth-order valence-electron chi connectivity index (χ4n) is 2.83. The molecular weight excluding hydrogens is 406 g/mol. The fraction of sp³-hybridized carbons (Fsp3) is 0.318. The molecule has 0 saturated carbocycles. The van der Waals surface area contributed by atoms with Crippen LogP contribution in [0.1, 0.15) is 42.7 Å². The lowest BCUT2D eigenvalue weighted by molar-refractivity contribution is -0.145. The number of benzene rings is 2. The second kappa shape index (κ2) is 9.63. The summed E-state index contributed by atoms with van der Waals surface area (Å²) in [6.07, 6.45) is 0. The molecule has 0 bridgehead atoms. The summed E-state index contributed by atoms with van der Waals surface area (Å²) in [4.78, 5) is 38.1. The van der Waals surface area contributed by atoms with Gasteiger partial charge in [0.15, 0.2) is 6.04 Å². The normalized spacial score (nSPS) is 13.1. The van der Waals surface area contributed by atoms with Gasteiger partial charge in [-0.05, 0) is 29.2 Å². The first kappa shape index (κ1) is 23.2. The first-order valence-corrected chi connectivity index (χ1v) is 9.71. The number of anilines is 1. The maximum absolute atomic E-state index is 13.1. The van der Waals surface area contributed by atoms with Crippen molar-refractivity contribution in [3.63, 3.8) is 0 Å². The van der Waals surface area contributed by atoms with Crippen molar-refractivity contribution in [2.75, 3.05) is 12.8 Å². The number of hydrogen-bond donors (Lipinski definition) is 3. The van der Waals surface area contributed by atoms with Crippen molar-refractivity contribution in [1.29, 1.82) is 0 Å². The minimum absolute atomic E-state index is 0.245. The van der Waals surface area contributed by atoms with E-state index < -0.39 is 35.3 Å². The zero-order valence-corrected chi connectivity index (χ0v) is 18.1. The smallest absolute Gasteiger partial charge is 0.333 e. The van der Waals surface area contributed by atoms with E-state index in [-0.39, 0.29) is 10.6 Å². The molecule has 0 fully saturated rings. The summed E-state index contributed by atoms with van der Waals surface area (Å²) in [7, 11) is 1.25. The number of halogens is 1. The molecule has 0 aliphatic carbocycles. The van der Waals surface area contributed by atoms with E-state index in [0.29, 0.717) is 11.3 Å². The van der Waals surface area contributed by atoms with Gasteiger partial charge in [0.2, 0.25) is 5.91 Å². The van der Waals surface area contributed by atoms with Crippen LogP contribution in [0, 0.1) is 5.41 Å².